The van der Waals surface area contributed by atoms with Crippen LogP contribution in [-0.4, -0.2) is 14.0 Å². The number of rotatable bonds is 7. The molecular weight excluding hydrogens is 634 g/mol. The maximum Gasteiger partial charge on any atom is 0.329 e. The molecule has 0 aromatic carbocycles. The number of hydrogen-bond donors (Lipinski definition) is 0. The Morgan fingerprint density at radius 3 is 2.52 bits per heavy atom. The van der Waals surface area contributed by atoms with Crippen molar-refractivity contribution >= 4 is 51.2 Å². The Labute approximate surface area is 230 Å². The van der Waals surface area contributed by atoms with Gasteiger partial charge in [0.15, 0.2) is 1.93 Å². The highest BCUT2D eigenvalue weighted by Gasteiger charge is 2.59. The molecule has 0 amide bonds. The molecule has 4 heteroatoms. The van der Waals surface area contributed by atoms with Gasteiger partial charge >= 0.3 is 5.97 Å². The van der Waals surface area contributed by atoms with Crippen LogP contribution in [0.1, 0.15) is 105 Å². The van der Waals surface area contributed by atoms with Gasteiger partial charge in [-0.25, -0.2) is 0 Å². The van der Waals surface area contributed by atoms with Crippen LogP contribution in [0.4, 0.5) is 0 Å². The lowest BCUT2D eigenvalue weighted by Crippen LogP contribution is -2.51. The van der Waals surface area contributed by atoms with Crippen molar-refractivity contribution < 1.29 is 9.53 Å². The number of esters is 1. The van der Waals surface area contributed by atoms with E-state index in [1.807, 2.05) is 0 Å². The average molecular weight is 680 g/mol. The fraction of sp³-hybridized carbons (Fsp3) is 0.897. The van der Waals surface area contributed by atoms with Gasteiger partial charge in [0.2, 0.25) is 0 Å². The predicted molar refractivity (Wildman–Crippen MR) is 155 cm³/mol. The Kier molecular flexibility index (Phi) is 8.56. The Hall–Kier alpha value is 0.670. The molecular formula is C29H46I2O2. The molecule has 0 unspecified atom stereocenters. The predicted octanol–water partition coefficient (Wildman–Crippen LogP) is 9.14. The zero-order chi connectivity index (χ0) is 24.0. The fourth-order valence-electron chi connectivity index (χ4n) is 8.97. The molecule has 188 valence electrons. The molecule has 0 aliphatic heterocycles. The summed E-state index contributed by atoms with van der Waals surface area (Å²) in [5.74, 6) is 5.22. The van der Waals surface area contributed by atoms with Crippen LogP contribution in [0.2, 0.25) is 0 Å². The van der Waals surface area contributed by atoms with Crippen molar-refractivity contribution in [2.45, 2.75) is 113 Å². The van der Waals surface area contributed by atoms with Gasteiger partial charge in [-0.15, -0.1) is 0 Å². The van der Waals surface area contributed by atoms with E-state index in [0.717, 1.165) is 48.3 Å². The van der Waals surface area contributed by atoms with Crippen LogP contribution in [0, 0.1) is 46.3 Å². The van der Waals surface area contributed by atoms with Crippen LogP contribution >= 0.6 is 45.2 Å². The molecule has 33 heavy (non-hydrogen) atoms. The van der Waals surface area contributed by atoms with E-state index < -0.39 is 0 Å². The molecule has 4 aliphatic carbocycles. The first-order valence-electron chi connectivity index (χ1n) is 13.7. The molecule has 0 bridgehead atoms. The maximum atomic E-state index is 12.2. The van der Waals surface area contributed by atoms with E-state index in [1.165, 1.54) is 57.8 Å². The lowest BCUT2D eigenvalue weighted by molar-refractivity contribution is -0.148. The number of fused-ring (bicyclic) bond motifs is 5. The van der Waals surface area contributed by atoms with Crippen molar-refractivity contribution in [2.24, 2.45) is 46.3 Å². The highest BCUT2D eigenvalue weighted by molar-refractivity contribution is 14.2. The largest absolute Gasteiger partial charge is 0.461 e. The summed E-state index contributed by atoms with van der Waals surface area (Å²) in [6, 6.07) is 0. The van der Waals surface area contributed by atoms with E-state index >= 15 is 0 Å². The third-order valence-corrected chi connectivity index (χ3v) is 11.7. The van der Waals surface area contributed by atoms with Gasteiger partial charge in [-0.1, -0.05) is 111 Å². The fourth-order valence-corrected chi connectivity index (χ4v) is 9.26. The van der Waals surface area contributed by atoms with Crippen molar-refractivity contribution in [1.82, 2.24) is 0 Å². The zero-order valence-corrected chi connectivity index (χ0v) is 25.9. The molecule has 0 aromatic heterocycles. The van der Waals surface area contributed by atoms with Crippen LogP contribution in [0.3, 0.4) is 0 Å². The first-order valence-corrected chi connectivity index (χ1v) is 16.2. The summed E-state index contributed by atoms with van der Waals surface area (Å²) in [6.45, 7) is 12.6. The van der Waals surface area contributed by atoms with Gasteiger partial charge in [0.1, 0.15) is 6.10 Å². The molecule has 2 nitrogen and oxygen atoms in total. The van der Waals surface area contributed by atoms with Crippen LogP contribution in [0.25, 0.3) is 0 Å². The minimum atomic E-state index is -0.0858. The van der Waals surface area contributed by atoms with Crippen molar-refractivity contribution in [3.05, 3.63) is 11.6 Å². The lowest BCUT2D eigenvalue weighted by Gasteiger charge is -2.58. The first-order chi connectivity index (χ1) is 15.6. The quantitative estimate of drug-likeness (QED) is 0.116. The van der Waals surface area contributed by atoms with Gasteiger partial charge in [0.05, 0.1) is 0 Å². The van der Waals surface area contributed by atoms with Crippen molar-refractivity contribution in [3.8, 4) is 0 Å². The van der Waals surface area contributed by atoms with Gasteiger partial charge in [-0.2, -0.15) is 0 Å². The number of alkyl halides is 2. The number of hydrogen-bond acceptors (Lipinski definition) is 2. The summed E-state index contributed by atoms with van der Waals surface area (Å²) in [6.07, 6.45) is 17.2. The molecule has 0 aromatic rings. The summed E-state index contributed by atoms with van der Waals surface area (Å²) >= 11 is 4.32. The Bertz CT molecular complexity index is 746. The molecule has 0 N–H and O–H groups in total. The van der Waals surface area contributed by atoms with Crippen LogP contribution in [-0.2, 0) is 9.53 Å². The minimum absolute atomic E-state index is 0.0490. The minimum Gasteiger partial charge on any atom is -0.461 e. The molecule has 0 spiro atoms. The van der Waals surface area contributed by atoms with Gasteiger partial charge < -0.3 is 4.74 Å². The van der Waals surface area contributed by atoms with Crippen molar-refractivity contribution in [1.29, 1.82) is 0 Å². The van der Waals surface area contributed by atoms with Gasteiger partial charge in [0.25, 0.3) is 0 Å². The molecule has 0 heterocycles. The first kappa shape index (κ1) is 26.7. The lowest BCUT2D eigenvalue weighted by atomic mass is 9.47. The number of ether oxygens (including phenoxy) is 1. The molecule has 3 saturated carbocycles. The normalized spacial score (nSPS) is 41.2. The number of allylic oxidation sites excluding steroid dienone is 1. The molecule has 0 saturated heterocycles. The van der Waals surface area contributed by atoms with Crippen LogP contribution in [0.5, 0.6) is 0 Å². The third kappa shape index (κ3) is 5.23. The smallest absolute Gasteiger partial charge is 0.329 e. The molecule has 8 atom stereocenters. The third-order valence-electron chi connectivity index (χ3n) is 10.7. The molecule has 3 fully saturated rings. The number of carbonyl (C=O) groups excluding carboxylic acids is 1. The van der Waals surface area contributed by atoms with Gasteiger partial charge in [0, 0.05) is 6.42 Å². The summed E-state index contributed by atoms with van der Waals surface area (Å²) in [5, 5.41) is 0. The van der Waals surface area contributed by atoms with E-state index in [-0.39, 0.29) is 14.0 Å². The Morgan fingerprint density at radius 1 is 1.06 bits per heavy atom. The van der Waals surface area contributed by atoms with Crippen molar-refractivity contribution in [3.63, 3.8) is 0 Å². The summed E-state index contributed by atoms with van der Waals surface area (Å²) < 4.78 is 5.77. The summed E-state index contributed by atoms with van der Waals surface area (Å²) in [4.78, 5) is 12.2. The van der Waals surface area contributed by atoms with E-state index in [2.05, 4.69) is 85.9 Å². The number of carbonyl (C=O) groups is 1. The SMILES string of the molecule is CC(C)CCC[C@H](C)[C@@H]1CC[C@@H]2[C@H]3CC=C4C[C@@H](OC(=O)C(I)I)CC[C@]4(C)[C@@H]3CC[C@]21C. The summed E-state index contributed by atoms with van der Waals surface area (Å²) in [7, 11) is 0. The topological polar surface area (TPSA) is 26.3 Å². The summed E-state index contributed by atoms with van der Waals surface area (Å²) in [5.41, 5.74) is 2.51. The van der Waals surface area contributed by atoms with E-state index in [4.69, 9.17) is 4.74 Å². The molecule has 4 aliphatic rings. The zero-order valence-electron chi connectivity index (χ0n) is 21.5. The van der Waals surface area contributed by atoms with Crippen LogP contribution < -0.4 is 0 Å². The second-order valence-corrected chi connectivity index (χ2v) is 17.8. The second kappa shape index (κ2) is 10.6. The molecule has 0 radical (unpaired) electrons. The van der Waals surface area contributed by atoms with Gasteiger partial charge in [-0.3, -0.25) is 4.79 Å². The van der Waals surface area contributed by atoms with Gasteiger partial charge in [-0.05, 0) is 91.3 Å². The monoisotopic (exact) mass is 680 g/mol. The van der Waals surface area contributed by atoms with E-state index in [9.17, 15) is 4.79 Å². The van der Waals surface area contributed by atoms with Crippen LogP contribution in [0.15, 0.2) is 11.6 Å². The highest BCUT2D eigenvalue weighted by Crippen LogP contribution is 2.67. The number of halogens is 2. The molecule has 4 rings (SSSR count). The Balaban J connectivity index is 1.45. The standard InChI is InChI=1S/C29H46I2O2/c1-18(2)7-6-8-19(3)23-11-12-24-22-10-9-20-17-21(33-27(32)26(30)31)13-15-28(20,4)25(22)14-16-29(23,24)5/h9,18-19,21-26H,6-8,10-17H2,1-5H3/t19-,21-,22+,23-,24+,25+,28-,29-/m0/s1. The second-order valence-electron chi connectivity index (χ2n) is 12.9. The highest BCUT2D eigenvalue weighted by atomic mass is 127. The van der Waals surface area contributed by atoms with Crippen molar-refractivity contribution in [2.75, 3.05) is 0 Å². The Morgan fingerprint density at radius 2 is 1.82 bits per heavy atom. The van der Waals surface area contributed by atoms with E-state index in [0.29, 0.717) is 10.8 Å². The van der Waals surface area contributed by atoms with E-state index in [1.54, 1.807) is 5.57 Å². The average Bonchev–Trinajstić information content (AvgIpc) is 3.11. The maximum absolute atomic E-state index is 12.2.